The van der Waals surface area contributed by atoms with Crippen LogP contribution in [0.4, 0.5) is 10.5 Å². The van der Waals surface area contributed by atoms with Crippen LogP contribution in [-0.2, 0) is 6.54 Å². The molecule has 1 N–H and O–H groups in total. The summed E-state index contributed by atoms with van der Waals surface area (Å²) in [5.74, 6) is 0. The highest BCUT2D eigenvalue weighted by molar-refractivity contribution is 6.31. The van der Waals surface area contributed by atoms with Crippen LogP contribution in [0.5, 0.6) is 0 Å². The number of amides is 2. The fourth-order valence-corrected chi connectivity index (χ4v) is 4.50. The predicted octanol–water partition coefficient (Wildman–Crippen LogP) is 6.58. The van der Waals surface area contributed by atoms with Gasteiger partial charge in [0.2, 0.25) is 0 Å². The molecule has 0 unspecified atom stereocenters. The first kappa shape index (κ1) is 19.5. The topological polar surface area (TPSA) is 37.3 Å². The molecule has 2 heterocycles. The molecule has 3 aromatic carbocycles. The van der Waals surface area contributed by atoms with Gasteiger partial charge in [-0.15, -0.1) is 0 Å². The van der Waals surface area contributed by atoms with Crippen LogP contribution in [0.3, 0.4) is 0 Å². The number of nitrogens with zero attached hydrogens (tertiary/aromatic N) is 2. The van der Waals surface area contributed by atoms with E-state index >= 15 is 0 Å². The summed E-state index contributed by atoms with van der Waals surface area (Å²) in [5.41, 5.74) is 5.87. The second-order valence-electron chi connectivity index (χ2n) is 7.73. The molecule has 1 aliphatic rings. The quantitative estimate of drug-likeness (QED) is 0.385. The summed E-state index contributed by atoms with van der Waals surface area (Å²) in [5, 5.41) is 3.75. The molecule has 0 saturated carbocycles. The highest BCUT2D eigenvalue weighted by Crippen LogP contribution is 2.39. The van der Waals surface area contributed by atoms with E-state index in [1.807, 2.05) is 84.8 Å². The van der Waals surface area contributed by atoms with Gasteiger partial charge < -0.3 is 14.8 Å². The Hall–Kier alpha value is -3.50. The van der Waals surface area contributed by atoms with Gasteiger partial charge in [-0.3, -0.25) is 0 Å². The maximum absolute atomic E-state index is 13.7. The molecule has 2 amide bonds. The molecular weight excluding hydrogens is 406 g/mol. The van der Waals surface area contributed by atoms with Crippen LogP contribution in [0.1, 0.15) is 28.4 Å². The number of hydrogen-bond acceptors (Lipinski definition) is 1. The van der Waals surface area contributed by atoms with Gasteiger partial charge in [0.15, 0.2) is 0 Å². The van der Waals surface area contributed by atoms with Crippen LogP contribution >= 0.6 is 11.6 Å². The molecule has 0 aliphatic carbocycles. The van der Waals surface area contributed by atoms with Crippen molar-refractivity contribution in [2.45, 2.75) is 19.5 Å². The number of rotatable bonds is 2. The van der Waals surface area contributed by atoms with E-state index < -0.39 is 0 Å². The number of nitrogens with one attached hydrogen (secondary N) is 1. The average molecular weight is 428 g/mol. The molecule has 5 rings (SSSR count). The summed E-state index contributed by atoms with van der Waals surface area (Å²) in [6, 6.07) is 27.3. The van der Waals surface area contributed by atoms with Crippen LogP contribution in [0.2, 0.25) is 5.02 Å². The number of carbonyl (C=O) groups excluding carboxylic acids is 1. The van der Waals surface area contributed by atoms with E-state index in [4.69, 9.17) is 11.6 Å². The van der Waals surface area contributed by atoms with Gasteiger partial charge >= 0.3 is 6.03 Å². The van der Waals surface area contributed by atoms with E-state index in [2.05, 4.69) is 28.1 Å². The molecule has 4 nitrogen and oxygen atoms in total. The van der Waals surface area contributed by atoms with Crippen molar-refractivity contribution in [3.63, 3.8) is 0 Å². The zero-order chi connectivity index (χ0) is 21.4. The summed E-state index contributed by atoms with van der Waals surface area (Å²) in [7, 11) is 0. The summed E-state index contributed by atoms with van der Waals surface area (Å²) >= 11 is 6.64. The standard InChI is InChI=1S/C26H22ClN3O/c1-18-9-2-6-13-22(18)28-26(31)30-17-19-10-3-7-14-23(19)29-16-8-15-24(29)25(30)20-11-4-5-12-21(20)27/h2-16,25H,17H2,1H3,(H,28,31)/t25-/m0/s1. The van der Waals surface area contributed by atoms with Crippen LogP contribution in [0.25, 0.3) is 5.69 Å². The van der Waals surface area contributed by atoms with Crippen LogP contribution in [0.15, 0.2) is 91.1 Å². The SMILES string of the molecule is Cc1ccccc1NC(=O)N1Cc2ccccc2-n2cccc2[C@@H]1c1ccccc1Cl. The van der Waals surface area contributed by atoms with E-state index in [9.17, 15) is 4.79 Å². The van der Waals surface area contributed by atoms with Crippen molar-refractivity contribution in [1.82, 2.24) is 9.47 Å². The molecule has 31 heavy (non-hydrogen) atoms. The van der Waals surface area contributed by atoms with E-state index in [1.54, 1.807) is 0 Å². The van der Waals surface area contributed by atoms with Crippen molar-refractivity contribution in [3.8, 4) is 5.69 Å². The lowest BCUT2D eigenvalue weighted by molar-refractivity contribution is 0.194. The Balaban J connectivity index is 1.66. The van der Waals surface area contributed by atoms with Crippen molar-refractivity contribution in [3.05, 3.63) is 119 Å². The first-order valence-electron chi connectivity index (χ1n) is 10.3. The molecule has 1 aromatic heterocycles. The molecule has 1 atom stereocenters. The van der Waals surface area contributed by atoms with Gasteiger partial charge in [-0.05, 0) is 53.9 Å². The molecule has 5 heteroatoms. The number of urea groups is 1. The molecule has 0 bridgehead atoms. The highest BCUT2D eigenvalue weighted by Gasteiger charge is 2.34. The molecule has 0 radical (unpaired) electrons. The number of para-hydroxylation sites is 2. The molecule has 0 saturated heterocycles. The molecule has 0 spiro atoms. The Morgan fingerprint density at radius 2 is 1.68 bits per heavy atom. The highest BCUT2D eigenvalue weighted by atomic mass is 35.5. The number of benzene rings is 3. The number of fused-ring (bicyclic) bond motifs is 3. The molecule has 4 aromatic rings. The third-order valence-corrected chi connectivity index (χ3v) is 6.16. The normalized spacial score (nSPS) is 15.0. The minimum Gasteiger partial charge on any atom is -0.318 e. The molecular formula is C26H22ClN3O. The van der Waals surface area contributed by atoms with Gasteiger partial charge in [0, 0.05) is 16.9 Å². The molecule has 154 valence electrons. The van der Waals surface area contributed by atoms with E-state index in [0.717, 1.165) is 33.8 Å². The Morgan fingerprint density at radius 1 is 0.935 bits per heavy atom. The third-order valence-electron chi connectivity index (χ3n) is 5.81. The summed E-state index contributed by atoms with van der Waals surface area (Å²) in [6.45, 7) is 2.45. The number of hydrogen-bond donors (Lipinski definition) is 1. The largest absolute Gasteiger partial charge is 0.322 e. The minimum atomic E-state index is -0.333. The van der Waals surface area contributed by atoms with Crippen molar-refractivity contribution in [2.75, 3.05) is 5.32 Å². The van der Waals surface area contributed by atoms with Crippen molar-refractivity contribution < 1.29 is 4.79 Å². The fourth-order valence-electron chi connectivity index (χ4n) is 4.26. The number of anilines is 1. The zero-order valence-electron chi connectivity index (χ0n) is 17.1. The van der Waals surface area contributed by atoms with Gasteiger partial charge in [0.25, 0.3) is 0 Å². The Bertz CT molecular complexity index is 1260. The number of aromatic nitrogens is 1. The fraction of sp³-hybridized carbons (Fsp3) is 0.115. The number of carbonyl (C=O) groups is 1. The lowest BCUT2D eigenvalue weighted by Crippen LogP contribution is -2.38. The van der Waals surface area contributed by atoms with Gasteiger partial charge in [-0.2, -0.15) is 0 Å². The second kappa shape index (κ2) is 7.97. The van der Waals surface area contributed by atoms with Crippen LogP contribution in [-0.4, -0.2) is 15.5 Å². The van der Waals surface area contributed by atoms with E-state index in [0.29, 0.717) is 11.6 Å². The van der Waals surface area contributed by atoms with Crippen molar-refractivity contribution in [1.29, 1.82) is 0 Å². The van der Waals surface area contributed by atoms with Crippen molar-refractivity contribution >= 4 is 23.3 Å². The summed E-state index contributed by atoms with van der Waals surface area (Å²) in [4.78, 5) is 15.5. The maximum Gasteiger partial charge on any atom is 0.322 e. The maximum atomic E-state index is 13.7. The van der Waals surface area contributed by atoms with E-state index in [-0.39, 0.29) is 12.1 Å². The monoisotopic (exact) mass is 427 g/mol. The van der Waals surface area contributed by atoms with Gasteiger partial charge in [-0.1, -0.05) is 66.2 Å². The van der Waals surface area contributed by atoms with E-state index in [1.165, 1.54) is 0 Å². The molecule has 0 fully saturated rings. The average Bonchev–Trinajstić information content (AvgIpc) is 3.21. The summed E-state index contributed by atoms with van der Waals surface area (Å²) in [6.07, 6.45) is 2.04. The van der Waals surface area contributed by atoms with Gasteiger partial charge in [-0.25, -0.2) is 4.79 Å². The lowest BCUT2D eigenvalue weighted by atomic mass is 10.0. The predicted molar refractivity (Wildman–Crippen MR) is 125 cm³/mol. The molecule has 1 aliphatic heterocycles. The zero-order valence-corrected chi connectivity index (χ0v) is 17.9. The smallest absolute Gasteiger partial charge is 0.318 e. The van der Waals surface area contributed by atoms with Crippen molar-refractivity contribution in [2.24, 2.45) is 0 Å². The number of aryl methyl sites for hydroxylation is 1. The Kier molecular flexibility index (Phi) is 5.00. The Labute approximate surface area is 186 Å². The van der Waals surface area contributed by atoms with Crippen LogP contribution in [0, 0.1) is 6.92 Å². The van der Waals surface area contributed by atoms with Gasteiger partial charge in [0.1, 0.15) is 6.04 Å². The second-order valence-corrected chi connectivity index (χ2v) is 8.14. The lowest BCUT2D eigenvalue weighted by Gasteiger charge is -2.31. The van der Waals surface area contributed by atoms with Gasteiger partial charge in [0.05, 0.1) is 17.9 Å². The first-order valence-corrected chi connectivity index (χ1v) is 10.6. The number of halogens is 1. The first-order chi connectivity index (χ1) is 15.1. The third kappa shape index (κ3) is 3.49. The van der Waals surface area contributed by atoms with Crippen LogP contribution < -0.4 is 5.32 Å². The Morgan fingerprint density at radius 3 is 2.52 bits per heavy atom. The minimum absolute atomic E-state index is 0.163. The summed E-state index contributed by atoms with van der Waals surface area (Å²) < 4.78 is 2.16.